The standard InChI is InChI=1S/C27H46N4O4S/c1-21-20-25(35-5)10-11-26(21)36(33,34)30(4)17-15-27(32)28-23-6-8-24(9-7-23)31-18-13-22(14-19-31)12-16-29(2)3/h10-11,20,22-24H,6-9,12-19H2,1-5H3,(H,28,32). The molecule has 9 heteroatoms. The van der Waals surface area contributed by atoms with E-state index in [1.165, 1.54) is 50.2 Å². The minimum Gasteiger partial charge on any atom is -0.497 e. The van der Waals surface area contributed by atoms with Crippen LogP contribution in [-0.4, -0.2) is 94.9 Å². The first-order valence-electron chi connectivity index (χ1n) is 13.4. The highest BCUT2D eigenvalue weighted by molar-refractivity contribution is 7.89. The summed E-state index contributed by atoms with van der Waals surface area (Å²) in [6.45, 7) is 5.48. The maximum atomic E-state index is 13.0. The highest BCUT2D eigenvalue weighted by Crippen LogP contribution is 2.29. The van der Waals surface area contributed by atoms with Gasteiger partial charge in [-0.05, 0) is 115 Å². The average Bonchev–Trinajstić information content (AvgIpc) is 2.86. The van der Waals surface area contributed by atoms with Crippen molar-refractivity contribution < 1.29 is 17.9 Å². The van der Waals surface area contributed by atoms with Gasteiger partial charge in [0.25, 0.3) is 0 Å². The Balaban J connectivity index is 1.38. The maximum absolute atomic E-state index is 13.0. The summed E-state index contributed by atoms with van der Waals surface area (Å²) in [7, 11) is 3.71. The number of ether oxygens (including phenoxy) is 1. The summed E-state index contributed by atoms with van der Waals surface area (Å²) in [6.07, 6.45) is 8.30. The quantitative estimate of drug-likeness (QED) is 0.481. The second-order valence-electron chi connectivity index (χ2n) is 10.9. The van der Waals surface area contributed by atoms with E-state index in [0.717, 1.165) is 31.6 Å². The molecule has 1 N–H and O–H groups in total. The van der Waals surface area contributed by atoms with Crippen LogP contribution in [0.4, 0.5) is 0 Å². The van der Waals surface area contributed by atoms with E-state index in [-0.39, 0.29) is 29.8 Å². The molecular weight excluding hydrogens is 476 g/mol. The molecule has 1 saturated heterocycles. The van der Waals surface area contributed by atoms with E-state index in [1.54, 1.807) is 32.2 Å². The number of aryl methyl sites for hydroxylation is 1. The molecule has 8 nitrogen and oxygen atoms in total. The second kappa shape index (κ2) is 13.2. The number of rotatable bonds is 11. The highest BCUT2D eigenvalue weighted by Gasteiger charge is 2.30. The summed E-state index contributed by atoms with van der Waals surface area (Å²) in [6, 6.07) is 5.74. The van der Waals surface area contributed by atoms with Gasteiger partial charge in [0, 0.05) is 32.1 Å². The van der Waals surface area contributed by atoms with E-state index in [0.29, 0.717) is 17.4 Å². The van der Waals surface area contributed by atoms with Crippen LogP contribution < -0.4 is 10.1 Å². The monoisotopic (exact) mass is 522 g/mol. The van der Waals surface area contributed by atoms with Gasteiger partial charge >= 0.3 is 0 Å². The molecule has 0 unspecified atom stereocenters. The molecule has 1 aliphatic heterocycles. The molecule has 0 spiro atoms. The molecular formula is C27H46N4O4S. The fourth-order valence-electron chi connectivity index (χ4n) is 5.52. The molecule has 1 heterocycles. The molecule has 0 aromatic heterocycles. The largest absolute Gasteiger partial charge is 0.497 e. The molecule has 0 bridgehead atoms. The fourth-order valence-corrected chi connectivity index (χ4v) is 6.89. The Hall–Kier alpha value is -1.68. The van der Waals surface area contributed by atoms with Gasteiger partial charge in [-0.25, -0.2) is 12.7 Å². The number of carbonyl (C=O) groups is 1. The summed E-state index contributed by atoms with van der Waals surface area (Å²) in [5.41, 5.74) is 0.625. The molecule has 0 radical (unpaired) electrons. The van der Waals surface area contributed by atoms with Gasteiger partial charge in [-0.3, -0.25) is 4.79 Å². The Morgan fingerprint density at radius 2 is 1.72 bits per heavy atom. The molecule has 204 valence electrons. The second-order valence-corrected chi connectivity index (χ2v) is 12.9. The lowest BCUT2D eigenvalue weighted by atomic mass is 9.87. The van der Waals surface area contributed by atoms with Crippen molar-refractivity contribution in [2.24, 2.45) is 5.92 Å². The first-order chi connectivity index (χ1) is 17.1. The van der Waals surface area contributed by atoms with E-state index in [2.05, 4.69) is 29.2 Å². The number of piperidine rings is 1. The summed E-state index contributed by atoms with van der Waals surface area (Å²) in [5.74, 6) is 1.40. The number of nitrogens with one attached hydrogen (secondary N) is 1. The van der Waals surface area contributed by atoms with Crippen LogP contribution in [0.25, 0.3) is 0 Å². The van der Waals surface area contributed by atoms with Crippen LogP contribution in [0.1, 0.15) is 56.9 Å². The zero-order chi connectivity index (χ0) is 26.3. The lowest BCUT2D eigenvalue weighted by molar-refractivity contribution is -0.122. The van der Waals surface area contributed by atoms with Gasteiger partial charge in [0.1, 0.15) is 5.75 Å². The third kappa shape index (κ3) is 7.91. The molecule has 1 aromatic carbocycles. The van der Waals surface area contributed by atoms with E-state index >= 15 is 0 Å². The van der Waals surface area contributed by atoms with Crippen LogP contribution in [0.15, 0.2) is 23.1 Å². The van der Waals surface area contributed by atoms with E-state index in [4.69, 9.17) is 4.74 Å². The molecule has 1 saturated carbocycles. The summed E-state index contributed by atoms with van der Waals surface area (Å²) in [5, 5.41) is 3.15. The van der Waals surface area contributed by atoms with Gasteiger partial charge in [-0.1, -0.05) is 0 Å². The smallest absolute Gasteiger partial charge is 0.243 e. The lowest BCUT2D eigenvalue weighted by Crippen LogP contribution is -2.47. The Kier molecular flexibility index (Phi) is 10.6. The number of benzene rings is 1. The Morgan fingerprint density at radius 1 is 1.06 bits per heavy atom. The van der Waals surface area contributed by atoms with Crippen LogP contribution in [0.3, 0.4) is 0 Å². The third-order valence-corrected chi connectivity index (χ3v) is 9.95. The van der Waals surface area contributed by atoms with Crippen molar-refractivity contribution in [2.45, 2.75) is 75.3 Å². The number of sulfonamides is 1. The van der Waals surface area contributed by atoms with Gasteiger partial charge in [0.05, 0.1) is 12.0 Å². The van der Waals surface area contributed by atoms with Crippen LogP contribution >= 0.6 is 0 Å². The number of hydrogen-bond acceptors (Lipinski definition) is 6. The lowest BCUT2D eigenvalue weighted by Gasteiger charge is -2.41. The minimum atomic E-state index is -3.67. The third-order valence-electron chi connectivity index (χ3n) is 7.94. The van der Waals surface area contributed by atoms with Crippen molar-refractivity contribution in [1.82, 2.24) is 19.4 Å². The van der Waals surface area contributed by atoms with E-state index in [1.807, 2.05) is 0 Å². The summed E-state index contributed by atoms with van der Waals surface area (Å²) >= 11 is 0. The first kappa shape index (κ1) is 28.9. The van der Waals surface area contributed by atoms with Gasteiger partial charge in [0.2, 0.25) is 15.9 Å². The molecule has 1 aliphatic carbocycles. The Morgan fingerprint density at radius 3 is 2.31 bits per heavy atom. The van der Waals surface area contributed by atoms with Gasteiger partial charge < -0.3 is 19.9 Å². The number of methoxy groups -OCH3 is 1. The zero-order valence-corrected chi connectivity index (χ0v) is 23.6. The number of hydrogen-bond donors (Lipinski definition) is 1. The molecule has 3 rings (SSSR count). The fraction of sp³-hybridized carbons (Fsp3) is 0.741. The van der Waals surface area contributed by atoms with Crippen molar-refractivity contribution >= 4 is 15.9 Å². The predicted octanol–water partition coefficient (Wildman–Crippen LogP) is 3.11. The molecule has 2 aliphatic rings. The van der Waals surface area contributed by atoms with Crippen LogP contribution in [-0.2, 0) is 14.8 Å². The predicted molar refractivity (Wildman–Crippen MR) is 144 cm³/mol. The Bertz CT molecular complexity index is 953. The van der Waals surface area contributed by atoms with Crippen LogP contribution in [0.5, 0.6) is 5.75 Å². The summed E-state index contributed by atoms with van der Waals surface area (Å²) in [4.78, 5) is 17.8. The number of nitrogens with zero attached hydrogens (tertiary/aromatic N) is 3. The van der Waals surface area contributed by atoms with Crippen molar-refractivity contribution in [2.75, 3.05) is 54.4 Å². The van der Waals surface area contributed by atoms with Gasteiger partial charge in [-0.2, -0.15) is 0 Å². The van der Waals surface area contributed by atoms with Crippen molar-refractivity contribution in [3.05, 3.63) is 23.8 Å². The van der Waals surface area contributed by atoms with Crippen LogP contribution in [0, 0.1) is 12.8 Å². The minimum absolute atomic E-state index is 0.0753. The number of carbonyl (C=O) groups excluding carboxylic acids is 1. The van der Waals surface area contributed by atoms with Crippen molar-refractivity contribution in [3.8, 4) is 5.75 Å². The van der Waals surface area contributed by atoms with Crippen molar-refractivity contribution in [1.29, 1.82) is 0 Å². The Labute approximate surface area is 218 Å². The normalized spacial score (nSPS) is 22.2. The van der Waals surface area contributed by atoms with Gasteiger partial charge in [0.15, 0.2) is 0 Å². The summed E-state index contributed by atoms with van der Waals surface area (Å²) < 4.78 is 32.4. The number of likely N-dealkylation sites (tertiary alicyclic amines) is 1. The SMILES string of the molecule is COc1ccc(S(=O)(=O)N(C)CCC(=O)NC2CCC(N3CCC(CCN(C)C)CC3)CC2)c(C)c1. The average molecular weight is 523 g/mol. The first-order valence-corrected chi connectivity index (χ1v) is 14.8. The molecule has 1 aromatic rings. The molecule has 2 fully saturated rings. The van der Waals surface area contributed by atoms with E-state index in [9.17, 15) is 13.2 Å². The number of amides is 1. The molecule has 1 amide bonds. The van der Waals surface area contributed by atoms with E-state index < -0.39 is 10.0 Å². The highest BCUT2D eigenvalue weighted by atomic mass is 32.2. The molecule has 36 heavy (non-hydrogen) atoms. The molecule has 0 atom stereocenters. The van der Waals surface area contributed by atoms with Gasteiger partial charge in [-0.15, -0.1) is 0 Å². The maximum Gasteiger partial charge on any atom is 0.243 e. The van der Waals surface area contributed by atoms with Crippen LogP contribution in [0.2, 0.25) is 0 Å². The zero-order valence-electron chi connectivity index (χ0n) is 22.8. The van der Waals surface area contributed by atoms with Crippen molar-refractivity contribution in [3.63, 3.8) is 0 Å². The topological polar surface area (TPSA) is 82.2 Å².